The second-order valence-corrected chi connectivity index (χ2v) is 6.83. The zero-order valence-corrected chi connectivity index (χ0v) is 15.7. The monoisotopic (exact) mass is 377 g/mol. The van der Waals surface area contributed by atoms with Crippen molar-refractivity contribution in [3.8, 4) is 5.75 Å². The number of hydrogen-bond donors (Lipinski definition) is 0. The Bertz CT molecular complexity index is 1010. The van der Waals surface area contributed by atoms with Gasteiger partial charge in [-0.1, -0.05) is 29.8 Å². The number of carbonyl (C=O) groups is 3. The molecule has 2 heterocycles. The van der Waals surface area contributed by atoms with Crippen molar-refractivity contribution in [1.82, 2.24) is 0 Å². The summed E-state index contributed by atoms with van der Waals surface area (Å²) in [5.41, 5.74) is 2.17. The van der Waals surface area contributed by atoms with Crippen LogP contribution in [0, 0.1) is 12.8 Å². The maximum Gasteiger partial charge on any atom is 0.260 e. The Morgan fingerprint density at radius 2 is 1.71 bits per heavy atom. The van der Waals surface area contributed by atoms with Crippen LogP contribution in [0.5, 0.6) is 5.75 Å². The molecule has 0 saturated carbocycles. The summed E-state index contributed by atoms with van der Waals surface area (Å²) < 4.78 is 5.32. The van der Waals surface area contributed by atoms with Crippen molar-refractivity contribution in [3.05, 3.63) is 54.1 Å². The summed E-state index contributed by atoms with van der Waals surface area (Å²) in [5, 5.41) is 5.83. The molecule has 2 aromatic carbocycles. The molecule has 7 heteroatoms. The van der Waals surface area contributed by atoms with E-state index in [-0.39, 0.29) is 11.5 Å². The largest absolute Gasteiger partial charge is 0.495 e. The minimum atomic E-state index is -0.934. The van der Waals surface area contributed by atoms with E-state index >= 15 is 0 Å². The van der Waals surface area contributed by atoms with Gasteiger partial charge in [0.15, 0.2) is 5.78 Å². The SMILES string of the molecule is COc1ccccc1N1C(=O)[C@@H]2C(C(C)=O)=NN(c3ccc(C)cc3)[C@H]2C1=O. The third kappa shape index (κ3) is 2.58. The summed E-state index contributed by atoms with van der Waals surface area (Å²) in [6.07, 6.45) is 0. The van der Waals surface area contributed by atoms with E-state index in [4.69, 9.17) is 4.74 Å². The third-order valence-corrected chi connectivity index (χ3v) is 5.03. The maximum absolute atomic E-state index is 13.3. The Balaban J connectivity index is 1.82. The average molecular weight is 377 g/mol. The van der Waals surface area contributed by atoms with E-state index in [1.165, 1.54) is 19.0 Å². The van der Waals surface area contributed by atoms with Gasteiger partial charge >= 0.3 is 0 Å². The Kier molecular flexibility index (Phi) is 4.22. The van der Waals surface area contributed by atoms with Gasteiger partial charge in [-0.05, 0) is 31.2 Å². The number of carbonyl (C=O) groups excluding carboxylic acids is 3. The third-order valence-electron chi connectivity index (χ3n) is 5.03. The Labute approximate surface area is 162 Å². The zero-order valence-electron chi connectivity index (χ0n) is 15.7. The lowest BCUT2D eigenvalue weighted by atomic mass is 9.95. The number of fused-ring (bicyclic) bond motifs is 1. The number of imide groups is 1. The fourth-order valence-electron chi connectivity index (χ4n) is 3.67. The van der Waals surface area contributed by atoms with Gasteiger partial charge in [0, 0.05) is 6.92 Å². The van der Waals surface area contributed by atoms with Crippen LogP contribution >= 0.6 is 0 Å². The topological polar surface area (TPSA) is 79.3 Å². The predicted molar refractivity (Wildman–Crippen MR) is 105 cm³/mol. The zero-order chi connectivity index (χ0) is 20.0. The van der Waals surface area contributed by atoms with Gasteiger partial charge in [-0.3, -0.25) is 19.4 Å². The molecule has 1 fully saturated rings. The number of hydrazone groups is 1. The van der Waals surface area contributed by atoms with Crippen LogP contribution in [0.1, 0.15) is 12.5 Å². The number of methoxy groups -OCH3 is 1. The van der Waals surface area contributed by atoms with E-state index in [2.05, 4.69) is 5.10 Å². The lowest BCUT2D eigenvalue weighted by Gasteiger charge is -2.23. The number of ether oxygens (including phenoxy) is 1. The predicted octanol–water partition coefficient (Wildman–Crippen LogP) is 2.33. The van der Waals surface area contributed by atoms with Crippen LogP contribution in [-0.4, -0.2) is 36.5 Å². The van der Waals surface area contributed by atoms with Gasteiger partial charge < -0.3 is 4.74 Å². The van der Waals surface area contributed by atoms with Crippen LogP contribution in [0.2, 0.25) is 0 Å². The van der Waals surface area contributed by atoms with Gasteiger partial charge in [0.25, 0.3) is 5.91 Å². The molecule has 0 aromatic heterocycles. The highest BCUT2D eigenvalue weighted by molar-refractivity contribution is 6.49. The molecule has 2 aliphatic heterocycles. The van der Waals surface area contributed by atoms with Crippen LogP contribution in [-0.2, 0) is 14.4 Å². The number of rotatable bonds is 4. The number of amides is 2. The summed E-state index contributed by atoms with van der Waals surface area (Å²) in [6, 6.07) is 13.4. The first-order chi connectivity index (χ1) is 13.4. The maximum atomic E-state index is 13.3. The quantitative estimate of drug-likeness (QED) is 0.764. The molecule has 2 aromatic rings. The number of benzene rings is 2. The summed E-state index contributed by atoms with van der Waals surface area (Å²) >= 11 is 0. The minimum absolute atomic E-state index is 0.0984. The van der Waals surface area contributed by atoms with Crippen molar-refractivity contribution in [2.24, 2.45) is 11.0 Å². The summed E-state index contributed by atoms with van der Waals surface area (Å²) in [4.78, 5) is 39.8. The van der Waals surface area contributed by atoms with Crippen molar-refractivity contribution >= 4 is 34.7 Å². The first-order valence-electron chi connectivity index (χ1n) is 8.90. The number of aryl methyl sites for hydroxylation is 1. The molecule has 0 N–H and O–H groups in total. The van der Waals surface area contributed by atoms with Gasteiger partial charge in [-0.25, -0.2) is 4.90 Å². The van der Waals surface area contributed by atoms with Gasteiger partial charge in [0.1, 0.15) is 23.4 Å². The molecule has 2 atom stereocenters. The van der Waals surface area contributed by atoms with E-state index in [1.54, 1.807) is 24.3 Å². The van der Waals surface area contributed by atoms with Crippen LogP contribution in [0.3, 0.4) is 0 Å². The molecular weight excluding hydrogens is 358 g/mol. The lowest BCUT2D eigenvalue weighted by molar-refractivity contribution is -0.122. The second-order valence-electron chi connectivity index (χ2n) is 6.83. The lowest BCUT2D eigenvalue weighted by Crippen LogP contribution is -2.39. The smallest absolute Gasteiger partial charge is 0.260 e. The first-order valence-corrected chi connectivity index (χ1v) is 8.90. The Morgan fingerprint density at radius 3 is 2.36 bits per heavy atom. The molecule has 2 aliphatic rings. The number of para-hydroxylation sites is 2. The fourth-order valence-corrected chi connectivity index (χ4v) is 3.67. The van der Waals surface area contributed by atoms with Crippen molar-refractivity contribution < 1.29 is 19.1 Å². The number of Topliss-reactive ketones (excluding diaryl/α,β-unsaturated/α-hetero) is 1. The van der Waals surface area contributed by atoms with E-state index in [9.17, 15) is 14.4 Å². The van der Waals surface area contributed by atoms with E-state index in [0.717, 1.165) is 10.5 Å². The van der Waals surface area contributed by atoms with E-state index in [1.807, 2.05) is 31.2 Å². The van der Waals surface area contributed by atoms with Crippen LogP contribution in [0.4, 0.5) is 11.4 Å². The summed E-state index contributed by atoms with van der Waals surface area (Å²) in [7, 11) is 1.48. The van der Waals surface area contributed by atoms with Gasteiger partial charge in [0.2, 0.25) is 5.91 Å². The average Bonchev–Trinajstić information content (AvgIpc) is 3.20. The first kappa shape index (κ1) is 17.9. The van der Waals surface area contributed by atoms with Crippen molar-refractivity contribution in [2.45, 2.75) is 19.9 Å². The number of hydrogen-bond acceptors (Lipinski definition) is 6. The minimum Gasteiger partial charge on any atom is -0.495 e. The number of anilines is 2. The van der Waals surface area contributed by atoms with Crippen molar-refractivity contribution in [1.29, 1.82) is 0 Å². The van der Waals surface area contributed by atoms with Gasteiger partial charge in [-0.2, -0.15) is 5.10 Å². The van der Waals surface area contributed by atoms with Crippen molar-refractivity contribution in [3.63, 3.8) is 0 Å². The molecule has 0 unspecified atom stereocenters. The highest BCUT2D eigenvalue weighted by Gasteiger charge is 2.58. The molecular formula is C21H19N3O4. The van der Waals surface area contributed by atoms with E-state index < -0.39 is 23.8 Å². The van der Waals surface area contributed by atoms with Crippen LogP contribution < -0.4 is 14.6 Å². The molecule has 0 aliphatic carbocycles. The van der Waals surface area contributed by atoms with Crippen molar-refractivity contribution in [2.75, 3.05) is 17.0 Å². The second kappa shape index (κ2) is 6.60. The molecule has 2 amide bonds. The normalized spacial score (nSPS) is 21.0. The number of ketones is 1. The van der Waals surface area contributed by atoms with Gasteiger partial charge in [0.05, 0.1) is 18.5 Å². The molecule has 0 bridgehead atoms. The highest BCUT2D eigenvalue weighted by Crippen LogP contribution is 2.40. The summed E-state index contributed by atoms with van der Waals surface area (Å²) in [5.74, 6) is -1.75. The Morgan fingerprint density at radius 1 is 1.04 bits per heavy atom. The highest BCUT2D eigenvalue weighted by atomic mass is 16.5. The van der Waals surface area contributed by atoms with Crippen LogP contribution in [0.25, 0.3) is 0 Å². The molecule has 7 nitrogen and oxygen atoms in total. The van der Waals surface area contributed by atoms with Gasteiger partial charge in [-0.15, -0.1) is 0 Å². The molecule has 0 radical (unpaired) electrons. The fraction of sp³-hybridized carbons (Fsp3) is 0.238. The standard InChI is InChI=1S/C21H19N3O4/c1-12-8-10-14(11-9-12)24-19-17(18(22-24)13(2)25)20(26)23(21(19)27)15-6-4-5-7-16(15)28-3/h4-11,17,19H,1-3H3/t17-,19-/m1/s1. The molecule has 0 spiro atoms. The molecule has 28 heavy (non-hydrogen) atoms. The van der Waals surface area contributed by atoms with Crippen LogP contribution in [0.15, 0.2) is 53.6 Å². The molecule has 4 rings (SSSR count). The Hall–Kier alpha value is -3.48. The van der Waals surface area contributed by atoms with E-state index in [0.29, 0.717) is 17.1 Å². The molecule has 1 saturated heterocycles. The molecule has 142 valence electrons. The number of nitrogens with zero attached hydrogens (tertiary/aromatic N) is 3. The summed E-state index contributed by atoms with van der Waals surface area (Å²) in [6.45, 7) is 3.31.